The Hall–Kier alpha value is -0.890. The van der Waals surface area contributed by atoms with E-state index < -0.39 is 0 Å². The van der Waals surface area contributed by atoms with Gasteiger partial charge in [-0.15, -0.1) is 11.3 Å². The number of hydrazone groups is 1. The molecule has 0 unspecified atom stereocenters. The Kier molecular flexibility index (Phi) is 3.96. The third-order valence-electron chi connectivity index (χ3n) is 5.20. The Balaban J connectivity index is 1.61. The first-order valence-corrected chi connectivity index (χ1v) is 10.9. The van der Waals surface area contributed by atoms with Crippen molar-refractivity contribution >= 4 is 48.9 Å². The molecule has 4 heterocycles. The number of nitrogens with zero attached hydrogens (tertiary/aromatic N) is 2. The first kappa shape index (κ1) is 16.3. The van der Waals surface area contributed by atoms with Crippen LogP contribution in [0.2, 0.25) is 0 Å². The molecule has 130 valence electrons. The van der Waals surface area contributed by atoms with Crippen molar-refractivity contribution in [2.24, 2.45) is 5.10 Å². The van der Waals surface area contributed by atoms with E-state index in [0.29, 0.717) is 0 Å². The molecule has 7 heteroatoms. The van der Waals surface area contributed by atoms with Gasteiger partial charge < -0.3 is 10.1 Å². The molecule has 1 atom stereocenters. The van der Waals surface area contributed by atoms with Crippen molar-refractivity contribution in [3.8, 4) is 5.75 Å². The van der Waals surface area contributed by atoms with Crippen LogP contribution < -0.4 is 10.1 Å². The van der Waals surface area contributed by atoms with Crippen molar-refractivity contribution in [3.63, 3.8) is 0 Å². The monoisotopic (exact) mass is 481 g/mol. The number of piperidine rings is 1. The van der Waals surface area contributed by atoms with Gasteiger partial charge in [0.15, 0.2) is 0 Å². The van der Waals surface area contributed by atoms with Crippen molar-refractivity contribution in [1.29, 1.82) is 0 Å². The number of hydrogen-bond donors (Lipinski definition) is 1. The number of benzene rings is 1. The van der Waals surface area contributed by atoms with Gasteiger partial charge in [0.05, 0.1) is 20.4 Å². The summed E-state index contributed by atoms with van der Waals surface area (Å²) in [6.45, 7) is 1.93. The molecule has 0 radical (unpaired) electrons. The molecule has 3 aliphatic rings. The van der Waals surface area contributed by atoms with E-state index in [9.17, 15) is 0 Å². The summed E-state index contributed by atoms with van der Waals surface area (Å²) in [5.74, 6) is 1.01. The Morgan fingerprint density at radius 1 is 1.20 bits per heavy atom. The van der Waals surface area contributed by atoms with E-state index in [4.69, 9.17) is 9.84 Å². The van der Waals surface area contributed by atoms with Crippen LogP contribution in [0.4, 0.5) is 0 Å². The fourth-order valence-electron chi connectivity index (χ4n) is 4.02. The molecule has 1 fully saturated rings. The molecule has 4 nitrogen and oxygen atoms in total. The van der Waals surface area contributed by atoms with E-state index in [-0.39, 0.29) is 11.8 Å². The van der Waals surface area contributed by atoms with E-state index in [0.717, 1.165) is 52.1 Å². The average molecular weight is 483 g/mol. The fourth-order valence-corrected chi connectivity index (χ4v) is 5.78. The van der Waals surface area contributed by atoms with Crippen LogP contribution in [-0.2, 0) is 0 Å². The normalized spacial score (nSPS) is 23.8. The van der Waals surface area contributed by atoms with Gasteiger partial charge in [-0.2, -0.15) is 5.10 Å². The summed E-state index contributed by atoms with van der Waals surface area (Å²) < 4.78 is 8.80. The van der Waals surface area contributed by atoms with E-state index in [2.05, 4.69) is 72.5 Å². The summed E-state index contributed by atoms with van der Waals surface area (Å²) in [5, 5.41) is 10.8. The highest BCUT2D eigenvalue weighted by Crippen LogP contribution is 2.50. The molecule has 2 aromatic rings. The predicted octanol–water partition coefficient (Wildman–Crippen LogP) is 4.90. The molecule has 0 saturated carbocycles. The number of thiophene rings is 1. The van der Waals surface area contributed by atoms with Gasteiger partial charge >= 0.3 is 0 Å². The second-order valence-electron chi connectivity index (χ2n) is 6.70. The van der Waals surface area contributed by atoms with Crippen LogP contribution in [0.15, 0.2) is 43.7 Å². The molecule has 1 saturated heterocycles. The first-order chi connectivity index (χ1) is 12.1. The number of rotatable bonds is 1. The van der Waals surface area contributed by atoms with Crippen LogP contribution in [0.1, 0.15) is 35.7 Å². The fraction of sp³-hybridized carbons (Fsp3) is 0.389. The van der Waals surface area contributed by atoms with E-state index in [1.54, 1.807) is 11.3 Å². The summed E-state index contributed by atoms with van der Waals surface area (Å²) in [6, 6.07) is 10.8. The number of ether oxygens (including phenoxy) is 1. The molecular formula is C18H17Br2N3OS. The number of nitrogens with one attached hydrogen (secondary N) is 1. The van der Waals surface area contributed by atoms with Gasteiger partial charge in [-0.3, -0.25) is 0 Å². The van der Waals surface area contributed by atoms with Crippen molar-refractivity contribution in [1.82, 2.24) is 10.3 Å². The average Bonchev–Trinajstić information content (AvgIpc) is 3.24. The summed E-state index contributed by atoms with van der Waals surface area (Å²) in [5.41, 5.74) is 2.07. The maximum atomic E-state index is 6.57. The maximum absolute atomic E-state index is 6.57. The molecule has 1 aromatic carbocycles. The van der Waals surface area contributed by atoms with Gasteiger partial charge in [0, 0.05) is 42.4 Å². The van der Waals surface area contributed by atoms with Gasteiger partial charge in [0.25, 0.3) is 0 Å². The van der Waals surface area contributed by atoms with Crippen LogP contribution in [0.3, 0.4) is 0 Å². The molecule has 0 bridgehead atoms. The van der Waals surface area contributed by atoms with Crippen molar-refractivity contribution < 1.29 is 4.74 Å². The highest BCUT2D eigenvalue weighted by atomic mass is 79.9. The molecule has 5 rings (SSSR count). The van der Waals surface area contributed by atoms with Crippen LogP contribution in [0.25, 0.3) is 0 Å². The minimum atomic E-state index is -0.326. The van der Waals surface area contributed by atoms with Gasteiger partial charge in [-0.1, -0.05) is 15.9 Å². The van der Waals surface area contributed by atoms with E-state index in [1.807, 2.05) is 0 Å². The predicted molar refractivity (Wildman–Crippen MR) is 107 cm³/mol. The zero-order valence-corrected chi connectivity index (χ0v) is 17.5. The SMILES string of the molecule is Brc1ccc2c(c1)[C@H]1CC(c3ccc(Br)s3)=NN1C1(CCNCC1)O2. The number of fused-ring (bicyclic) bond motifs is 4. The summed E-state index contributed by atoms with van der Waals surface area (Å²) in [4.78, 5) is 1.24. The Bertz CT molecular complexity index is 860. The van der Waals surface area contributed by atoms with Gasteiger partial charge in [-0.05, 0) is 46.3 Å². The molecule has 0 aliphatic carbocycles. The quantitative estimate of drug-likeness (QED) is 0.628. The highest BCUT2D eigenvalue weighted by Gasteiger charge is 2.51. The van der Waals surface area contributed by atoms with Crippen LogP contribution in [-0.4, -0.2) is 29.5 Å². The Morgan fingerprint density at radius 3 is 2.80 bits per heavy atom. The zero-order chi connectivity index (χ0) is 17.0. The van der Waals surface area contributed by atoms with Gasteiger partial charge in [0.1, 0.15) is 5.75 Å². The van der Waals surface area contributed by atoms with Crippen molar-refractivity contribution in [2.45, 2.75) is 31.0 Å². The Labute approximate surface area is 167 Å². The molecular weight excluding hydrogens is 466 g/mol. The van der Waals surface area contributed by atoms with E-state index >= 15 is 0 Å². The smallest absolute Gasteiger partial charge is 0.200 e. The number of halogens is 2. The molecule has 3 aliphatic heterocycles. The van der Waals surface area contributed by atoms with Crippen LogP contribution in [0.5, 0.6) is 5.75 Å². The molecule has 1 N–H and O–H groups in total. The van der Waals surface area contributed by atoms with E-state index in [1.165, 1.54) is 10.4 Å². The lowest BCUT2D eigenvalue weighted by Gasteiger charge is -2.49. The first-order valence-electron chi connectivity index (χ1n) is 8.46. The molecule has 1 aromatic heterocycles. The van der Waals surface area contributed by atoms with Crippen molar-refractivity contribution in [2.75, 3.05) is 13.1 Å². The molecule has 25 heavy (non-hydrogen) atoms. The topological polar surface area (TPSA) is 36.9 Å². The standard InChI is InChI=1S/C18H17Br2N3OS/c19-11-1-2-15-12(9-11)14-10-13(16-3-4-17(20)25-16)22-23(14)18(24-15)5-7-21-8-6-18/h1-4,9,14,21H,5-8,10H2/t14-/m1/s1. The summed E-state index contributed by atoms with van der Waals surface area (Å²) >= 11 is 8.93. The maximum Gasteiger partial charge on any atom is 0.200 e. The van der Waals surface area contributed by atoms with Crippen LogP contribution in [0, 0.1) is 0 Å². The highest BCUT2D eigenvalue weighted by molar-refractivity contribution is 9.11. The minimum absolute atomic E-state index is 0.246. The lowest BCUT2D eigenvalue weighted by atomic mass is 9.92. The van der Waals surface area contributed by atoms with Gasteiger partial charge in [-0.25, -0.2) is 5.01 Å². The molecule has 0 amide bonds. The second kappa shape index (κ2) is 6.08. The lowest BCUT2D eigenvalue weighted by Crippen LogP contribution is -2.58. The second-order valence-corrected chi connectivity index (χ2v) is 10.1. The third kappa shape index (κ3) is 2.67. The minimum Gasteiger partial charge on any atom is -0.466 e. The van der Waals surface area contributed by atoms with Crippen LogP contribution >= 0.6 is 43.2 Å². The van der Waals surface area contributed by atoms with Crippen molar-refractivity contribution in [3.05, 3.63) is 49.0 Å². The largest absolute Gasteiger partial charge is 0.466 e. The summed E-state index contributed by atoms with van der Waals surface area (Å²) in [7, 11) is 0. The Morgan fingerprint density at radius 2 is 2.04 bits per heavy atom. The zero-order valence-electron chi connectivity index (χ0n) is 13.5. The lowest BCUT2D eigenvalue weighted by molar-refractivity contribution is -0.136. The summed E-state index contributed by atoms with van der Waals surface area (Å²) in [6.07, 6.45) is 2.82. The number of hydrogen-bond acceptors (Lipinski definition) is 5. The molecule has 1 spiro atoms. The van der Waals surface area contributed by atoms with Gasteiger partial charge in [0.2, 0.25) is 5.72 Å². The third-order valence-corrected chi connectivity index (χ3v) is 7.37.